The molecular formula is C21H18N2O5S2. The van der Waals surface area contributed by atoms with Gasteiger partial charge in [-0.3, -0.25) is 4.79 Å². The number of anilines is 1. The Morgan fingerprint density at radius 3 is 2.27 bits per heavy atom. The lowest BCUT2D eigenvalue weighted by molar-refractivity contribution is 0.0734. The van der Waals surface area contributed by atoms with Gasteiger partial charge in [0.25, 0.3) is 5.91 Å². The van der Waals surface area contributed by atoms with E-state index in [9.17, 15) is 18.0 Å². The first kappa shape index (κ1) is 20.3. The molecule has 2 aromatic carbocycles. The highest BCUT2D eigenvalue weighted by atomic mass is 32.2. The number of ether oxygens (including phenoxy) is 1. The van der Waals surface area contributed by atoms with Gasteiger partial charge in [-0.25, -0.2) is 17.9 Å². The lowest BCUT2D eigenvalue weighted by Crippen LogP contribution is -2.25. The van der Waals surface area contributed by atoms with Crippen molar-refractivity contribution in [2.75, 3.05) is 5.32 Å². The lowest BCUT2D eigenvalue weighted by atomic mass is 10.2. The number of benzene rings is 2. The highest BCUT2D eigenvalue weighted by molar-refractivity contribution is 7.89. The van der Waals surface area contributed by atoms with Crippen molar-refractivity contribution in [2.24, 2.45) is 0 Å². The van der Waals surface area contributed by atoms with Gasteiger partial charge in [-0.15, -0.1) is 11.3 Å². The molecular weight excluding hydrogens is 424 g/mol. The van der Waals surface area contributed by atoms with Crippen LogP contribution in [0.4, 0.5) is 5.69 Å². The molecule has 3 aromatic rings. The highest BCUT2D eigenvalue weighted by Gasteiger charge is 2.28. The molecule has 0 radical (unpaired) electrons. The van der Waals surface area contributed by atoms with E-state index in [1.807, 2.05) is 5.38 Å². The van der Waals surface area contributed by atoms with E-state index in [4.69, 9.17) is 4.74 Å². The van der Waals surface area contributed by atoms with Crippen molar-refractivity contribution in [3.63, 3.8) is 0 Å². The van der Waals surface area contributed by atoms with Crippen LogP contribution in [0.15, 0.2) is 70.9 Å². The van der Waals surface area contributed by atoms with Gasteiger partial charge in [0, 0.05) is 11.7 Å². The van der Waals surface area contributed by atoms with Gasteiger partial charge >= 0.3 is 5.97 Å². The van der Waals surface area contributed by atoms with Gasteiger partial charge in [-0.05, 0) is 72.8 Å². The molecule has 0 spiro atoms. The molecule has 1 heterocycles. The zero-order chi connectivity index (χ0) is 21.1. The van der Waals surface area contributed by atoms with E-state index < -0.39 is 16.0 Å². The molecule has 0 saturated heterocycles. The average Bonchev–Trinajstić information content (AvgIpc) is 3.36. The van der Waals surface area contributed by atoms with Gasteiger partial charge in [0.15, 0.2) is 0 Å². The topological polar surface area (TPSA) is 102 Å². The largest absolute Gasteiger partial charge is 0.423 e. The Bertz CT molecular complexity index is 1150. The third-order valence-corrected chi connectivity index (χ3v) is 6.77. The van der Waals surface area contributed by atoms with E-state index in [0.29, 0.717) is 16.3 Å². The second-order valence-corrected chi connectivity index (χ2v) is 9.43. The first-order valence-corrected chi connectivity index (χ1v) is 11.6. The van der Waals surface area contributed by atoms with Crippen molar-refractivity contribution in [1.29, 1.82) is 0 Å². The fourth-order valence-electron chi connectivity index (χ4n) is 2.63. The number of amides is 1. The maximum absolute atomic E-state index is 12.3. The predicted octanol–water partition coefficient (Wildman–Crippen LogP) is 3.66. The predicted molar refractivity (Wildman–Crippen MR) is 113 cm³/mol. The maximum Gasteiger partial charge on any atom is 0.343 e. The van der Waals surface area contributed by atoms with Crippen LogP contribution in [0, 0.1) is 0 Å². The van der Waals surface area contributed by atoms with Crippen molar-refractivity contribution in [3.8, 4) is 5.75 Å². The van der Waals surface area contributed by atoms with E-state index in [2.05, 4.69) is 10.0 Å². The number of nitrogens with one attached hydrogen (secondary N) is 2. The van der Waals surface area contributed by atoms with Crippen LogP contribution in [0.25, 0.3) is 0 Å². The highest BCUT2D eigenvalue weighted by Crippen LogP contribution is 2.23. The summed E-state index contributed by atoms with van der Waals surface area (Å²) in [5.74, 6) is -0.508. The third kappa shape index (κ3) is 4.93. The second kappa shape index (κ2) is 8.39. The van der Waals surface area contributed by atoms with Crippen LogP contribution in [0.2, 0.25) is 0 Å². The lowest BCUT2D eigenvalue weighted by Gasteiger charge is -2.08. The van der Waals surface area contributed by atoms with E-state index in [-0.39, 0.29) is 22.4 Å². The van der Waals surface area contributed by atoms with Crippen LogP contribution in [-0.4, -0.2) is 26.3 Å². The molecule has 154 valence electrons. The van der Waals surface area contributed by atoms with Crippen molar-refractivity contribution in [2.45, 2.75) is 23.8 Å². The quantitative estimate of drug-likeness (QED) is 0.430. The zero-order valence-electron chi connectivity index (χ0n) is 15.7. The number of esters is 1. The molecule has 1 saturated carbocycles. The fraction of sp³-hybridized carbons (Fsp3) is 0.143. The first-order chi connectivity index (χ1) is 14.4. The maximum atomic E-state index is 12.3. The molecule has 2 N–H and O–H groups in total. The van der Waals surface area contributed by atoms with E-state index >= 15 is 0 Å². The van der Waals surface area contributed by atoms with Gasteiger partial charge in [0.2, 0.25) is 10.0 Å². The van der Waals surface area contributed by atoms with E-state index in [0.717, 1.165) is 12.8 Å². The Kier molecular flexibility index (Phi) is 5.67. The number of sulfonamides is 1. The summed E-state index contributed by atoms with van der Waals surface area (Å²) >= 11 is 1.34. The SMILES string of the molecule is O=C(Oc1ccc(NC(=O)c2cccs2)cc1)c1ccc(S(=O)(=O)NC2CC2)cc1. The molecule has 1 fully saturated rings. The summed E-state index contributed by atoms with van der Waals surface area (Å²) in [5, 5.41) is 4.59. The summed E-state index contributed by atoms with van der Waals surface area (Å²) in [7, 11) is -3.57. The molecule has 0 aliphatic heterocycles. The molecule has 1 amide bonds. The number of hydrogen-bond acceptors (Lipinski definition) is 6. The van der Waals surface area contributed by atoms with Gasteiger partial charge < -0.3 is 10.1 Å². The first-order valence-electron chi connectivity index (χ1n) is 9.20. The molecule has 1 aromatic heterocycles. The van der Waals surface area contributed by atoms with E-state index in [1.165, 1.54) is 35.6 Å². The minimum atomic E-state index is -3.57. The van der Waals surface area contributed by atoms with Crippen molar-refractivity contribution >= 4 is 38.9 Å². The summed E-state index contributed by atoms with van der Waals surface area (Å²) in [5.41, 5.74) is 0.807. The summed E-state index contributed by atoms with van der Waals surface area (Å²) in [6.07, 6.45) is 1.69. The van der Waals surface area contributed by atoms with Gasteiger partial charge in [0.1, 0.15) is 5.75 Å². The molecule has 0 atom stereocenters. The third-order valence-electron chi connectivity index (χ3n) is 4.37. The normalized spacial score (nSPS) is 13.6. The fourth-order valence-corrected chi connectivity index (χ4v) is 4.56. The molecule has 7 nitrogen and oxygen atoms in total. The minimum Gasteiger partial charge on any atom is -0.423 e. The minimum absolute atomic E-state index is 0.0118. The molecule has 1 aliphatic carbocycles. The van der Waals surface area contributed by atoms with Gasteiger partial charge in [-0.1, -0.05) is 6.07 Å². The second-order valence-electron chi connectivity index (χ2n) is 6.77. The molecule has 30 heavy (non-hydrogen) atoms. The van der Waals surface area contributed by atoms with Gasteiger partial charge in [0.05, 0.1) is 15.3 Å². The summed E-state index contributed by atoms with van der Waals surface area (Å²) < 4.78 is 32.3. The molecule has 0 unspecified atom stereocenters. The number of carbonyl (C=O) groups excluding carboxylic acids is 2. The van der Waals surface area contributed by atoms with Crippen LogP contribution in [0.1, 0.15) is 32.9 Å². The molecule has 1 aliphatic rings. The van der Waals surface area contributed by atoms with Crippen LogP contribution in [0.3, 0.4) is 0 Å². The molecule has 4 rings (SSSR count). The Labute approximate surface area is 177 Å². The Balaban J connectivity index is 1.37. The van der Waals surface area contributed by atoms with Crippen LogP contribution < -0.4 is 14.8 Å². The van der Waals surface area contributed by atoms with Crippen molar-refractivity contribution < 1.29 is 22.7 Å². The monoisotopic (exact) mass is 442 g/mol. The van der Waals surface area contributed by atoms with E-state index in [1.54, 1.807) is 36.4 Å². The Hall–Kier alpha value is -3.01. The van der Waals surface area contributed by atoms with Crippen molar-refractivity contribution in [3.05, 3.63) is 76.5 Å². The number of rotatable bonds is 7. The zero-order valence-corrected chi connectivity index (χ0v) is 17.3. The van der Waals surface area contributed by atoms with Crippen LogP contribution in [0.5, 0.6) is 5.75 Å². The summed E-state index contributed by atoms with van der Waals surface area (Å²) in [6.45, 7) is 0. The molecule has 9 heteroatoms. The van der Waals surface area contributed by atoms with Crippen LogP contribution >= 0.6 is 11.3 Å². The summed E-state index contributed by atoms with van der Waals surface area (Å²) in [4.78, 5) is 25.1. The number of hydrogen-bond donors (Lipinski definition) is 2. The summed E-state index contributed by atoms with van der Waals surface area (Å²) in [6, 6.07) is 15.5. The Morgan fingerprint density at radius 2 is 1.67 bits per heavy atom. The van der Waals surface area contributed by atoms with Gasteiger partial charge in [-0.2, -0.15) is 0 Å². The Morgan fingerprint density at radius 1 is 0.967 bits per heavy atom. The molecule has 0 bridgehead atoms. The number of thiophene rings is 1. The van der Waals surface area contributed by atoms with Crippen molar-refractivity contribution in [1.82, 2.24) is 4.72 Å². The standard InChI is InChI=1S/C21H18N2O5S2/c24-20(19-2-1-13-29-19)22-15-7-9-17(10-8-15)28-21(25)14-3-11-18(12-4-14)30(26,27)23-16-5-6-16/h1-4,7-13,16,23H,5-6H2,(H,22,24). The van der Waals surface area contributed by atoms with Crippen LogP contribution in [-0.2, 0) is 10.0 Å². The average molecular weight is 443 g/mol. The number of carbonyl (C=O) groups is 2. The smallest absolute Gasteiger partial charge is 0.343 e.